The zero-order valence-electron chi connectivity index (χ0n) is 12.3. The average Bonchev–Trinajstić information content (AvgIpc) is 2.89. The number of hydrogen-bond acceptors (Lipinski definition) is 3. The molecule has 4 rings (SSSR count). The van der Waals surface area contributed by atoms with Crippen LogP contribution in [0.15, 0.2) is 30.3 Å². The molecule has 0 amide bonds. The number of likely N-dealkylation sites (tertiary alicyclic amines) is 1. The number of benzene rings is 1. The van der Waals surface area contributed by atoms with Crippen LogP contribution in [0.2, 0.25) is 0 Å². The van der Waals surface area contributed by atoms with Gasteiger partial charge in [-0.3, -0.25) is 0 Å². The van der Waals surface area contributed by atoms with Gasteiger partial charge in [0, 0.05) is 30.6 Å². The molecule has 0 aliphatic carbocycles. The molecule has 0 spiro atoms. The van der Waals surface area contributed by atoms with Gasteiger partial charge < -0.3 is 9.80 Å². The molecule has 2 aliphatic rings. The van der Waals surface area contributed by atoms with Crippen LogP contribution < -0.4 is 4.90 Å². The molecule has 2 fully saturated rings. The number of pyridine rings is 1. The zero-order chi connectivity index (χ0) is 14.4. The summed E-state index contributed by atoms with van der Waals surface area (Å²) < 4.78 is 13.4. The van der Waals surface area contributed by atoms with Crippen molar-refractivity contribution in [1.82, 2.24) is 9.88 Å². The van der Waals surface area contributed by atoms with E-state index in [1.165, 1.54) is 31.5 Å². The number of anilines is 1. The summed E-state index contributed by atoms with van der Waals surface area (Å²) in [4.78, 5) is 9.53. The van der Waals surface area contributed by atoms with E-state index < -0.39 is 0 Å². The molecule has 3 nitrogen and oxygen atoms in total. The lowest BCUT2D eigenvalue weighted by Gasteiger charge is -2.37. The lowest BCUT2D eigenvalue weighted by atomic mass is 9.92. The number of rotatable bonds is 1. The van der Waals surface area contributed by atoms with Crippen molar-refractivity contribution < 1.29 is 4.39 Å². The van der Waals surface area contributed by atoms with E-state index >= 15 is 0 Å². The zero-order valence-corrected chi connectivity index (χ0v) is 12.3. The lowest BCUT2D eigenvalue weighted by Crippen LogP contribution is -2.46. The van der Waals surface area contributed by atoms with Crippen LogP contribution in [0.5, 0.6) is 0 Å². The Hall–Kier alpha value is -1.68. The second-order valence-corrected chi connectivity index (χ2v) is 6.37. The highest BCUT2D eigenvalue weighted by molar-refractivity contribution is 5.80. The molecule has 2 unspecified atom stereocenters. The number of aromatic nitrogens is 1. The van der Waals surface area contributed by atoms with Gasteiger partial charge in [-0.2, -0.15) is 0 Å². The van der Waals surface area contributed by atoms with Crippen LogP contribution >= 0.6 is 0 Å². The van der Waals surface area contributed by atoms with Gasteiger partial charge in [0.15, 0.2) is 0 Å². The number of hydrogen-bond donors (Lipinski definition) is 0. The summed E-state index contributed by atoms with van der Waals surface area (Å²) in [6.07, 6.45) is 2.53. The number of fused-ring (bicyclic) bond motifs is 2. The second-order valence-electron chi connectivity index (χ2n) is 6.37. The molecule has 21 heavy (non-hydrogen) atoms. The van der Waals surface area contributed by atoms with Gasteiger partial charge in [-0.15, -0.1) is 0 Å². The van der Waals surface area contributed by atoms with Crippen LogP contribution in [0.4, 0.5) is 10.2 Å². The largest absolute Gasteiger partial charge is 0.352 e. The van der Waals surface area contributed by atoms with Crippen LogP contribution in [0.25, 0.3) is 10.9 Å². The van der Waals surface area contributed by atoms with Crippen molar-refractivity contribution >= 4 is 16.7 Å². The predicted molar refractivity (Wildman–Crippen MR) is 83.1 cm³/mol. The molecule has 4 heteroatoms. The van der Waals surface area contributed by atoms with E-state index in [-0.39, 0.29) is 5.82 Å². The van der Waals surface area contributed by atoms with E-state index in [4.69, 9.17) is 4.98 Å². The maximum atomic E-state index is 13.4. The minimum atomic E-state index is -0.219. The SMILES string of the molecule is CN1CCC2CCN(c3ccc4ccc(F)cc4n3)C2C1. The van der Waals surface area contributed by atoms with Gasteiger partial charge in [0.25, 0.3) is 0 Å². The Kier molecular flexibility index (Phi) is 3.07. The minimum Gasteiger partial charge on any atom is -0.352 e. The highest BCUT2D eigenvalue weighted by atomic mass is 19.1. The molecule has 1 aromatic carbocycles. The maximum absolute atomic E-state index is 13.4. The van der Waals surface area contributed by atoms with E-state index in [0.717, 1.165) is 35.7 Å². The van der Waals surface area contributed by atoms with Crippen molar-refractivity contribution in [2.24, 2.45) is 5.92 Å². The number of nitrogens with zero attached hydrogens (tertiary/aromatic N) is 3. The van der Waals surface area contributed by atoms with Crippen molar-refractivity contribution in [3.8, 4) is 0 Å². The number of halogens is 1. The van der Waals surface area contributed by atoms with Crippen molar-refractivity contribution in [2.75, 3.05) is 31.6 Å². The third-order valence-electron chi connectivity index (χ3n) is 5.00. The molecular weight excluding hydrogens is 265 g/mol. The summed E-state index contributed by atoms with van der Waals surface area (Å²) in [5.41, 5.74) is 0.750. The van der Waals surface area contributed by atoms with Crippen LogP contribution in [0, 0.1) is 11.7 Å². The van der Waals surface area contributed by atoms with E-state index in [0.29, 0.717) is 6.04 Å². The summed E-state index contributed by atoms with van der Waals surface area (Å²) in [7, 11) is 2.19. The Morgan fingerprint density at radius 3 is 2.86 bits per heavy atom. The van der Waals surface area contributed by atoms with Crippen molar-refractivity contribution in [3.05, 3.63) is 36.1 Å². The first-order chi connectivity index (χ1) is 10.2. The molecule has 0 bridgehead atoms. The monoisotopic (exact) mass is 285 g/mol. The topological polar surface area (TPSA) is 19.4 Å². The van der Waals surface area contributed by atoms with Crippen LogP contribution in [0.3, 0.4) is 0 Å². The normalized spacial score (nSPS) is 26.3. The predicted octanol–water partition coefficient (Wildman–Crippen LogP) is 2.90. The Morgan fingerprint density at radius 2 is 1.95 bits per heavy atom. The standard InChI is InChI=1S/C17H20FN3/c1-20-8-6-13-7-9-21(16(13)11-20)17-5-3-12-2-4-14(18)10-15(12)19-17/h2-5,10,13,16H,6-9,11H2,1H3. The first kappa shape index (κ1) is 13.0. The molecule has 0 N–H and O–H groups in total. The fourth-order valence-electron chi connectivity index (χ4n) is 3.82. The van der Waals surface area contributed by atoms with Crippen LogP contribution in [0.1, 0.15) is 12.8 Å². The molecule has 2 aliphatic heterocycles. The van der Waals surface area contributed by atoms with Gasteiger partial charge in [0.1, 0.15) is 11.6 Å². The number of piperidine rings is 1. The first-order valence-corrected chi connectivity index (χ1v) is 7.72. The highest BCUT2D eigenvalue weighted by Gasteiger charge is 2.37. The Bertz CT molecular complexity index is 672. The summed E-state index contributed by atoms with van der Waals surface area (Å²) in [6.45, 7) is 3.37. The third kappa shape index (κ3) is 2.27. The van der Waals surface area contributed by atoms with E-state index in [1.54, 1.807) is 6.07 Å². The van der Waals surface area contributed by atoms with Crippen molar-refractivity contribution in [3.63, 3.8) is 0 Å². The highest BCUT2D eigenvalue weighted by Crippen LogP contribution is 2.34. The Labute approximate surface area is 124 Å². The lowest BCUT2D eigenvalue weighted by molar-refractivity contribution is 0.208. The van der Waals surface area contributed by atoms with E-state index in [9.17, 15) is 4.39 Å². The van der Waals surface area contributed by atoms with Gasteiger partial charge in [-0.05, 0) is 56.6 Å². The van der Waals surface area contributed by atoms with E-state index in [1.807, 2.05) is 0 Å². The third-order valence-corrected chi connectivity index (χ3v) is 5.00. The Balaban J connectivity index is 1.69. The molecule has 0 saturated carbocycles. The smallest absolute Gasteiger partial charge is 0.129 e. The summed E-state index contributed by atoms with van der Waals surface area (Å²) in [5.74, 6) is 1.56. The minimum absolute atomic E-state index is 0.219. The molecule has 0 radical (unpaired) electrons. The van der Waals surface area contributed by atoms with Crippen molar-refractivity contribution in [2.45, 2.75) is 18.9 Å². The molecule has 3 heterocycles. The van der Waals surface area contributed by atoms with Gasteiger partial charge in [0.2, 0.25) is 0 Å². The van der Waals surface area contributed by atoms with Crippen molar-refractivity contribution in [1.29, 1.82) is 0 Å². The van der Waals surface area contributed by atoms with Crippen LogP contribution in [-0.4, -0.2) is 42.6 Å². The average molecular weight is 285 g/mol. The second kappa shape index (κ2) is 4.95. The molecule has 2 saturated heterocycles. The fraction of sp³-hybridized carbons (Fsp3) is 0.471. The molecule has 110 valence electrons. The van der Waals surface area contributed by atoms with E-state index in [2.05, 4.69) is 29.0 Å². The fourth-order valence-corrected chi connectivity index (χ4v) is 3.82. The molecule has 2 aromatic rings. The van der Waals surface area contributed by atoms with Gasteiger partial charge in [-0.25, -0.2) is 9.37 Å². The van der Waals surface area contributed by atoms with Gasteiger partial charge >= 0.3 is 0 Å². The molecule has 2 atom stereocenters. The molecule has 1 aromatic heterocycles. The van der Waals surface area contributed by atoms with Gasteiger partial charge in [0.05, 0.1) is 5.52 Å². The summed E-state index contributed by atoms with van der Waals surface area (Å²) in [5, 5.41) is 0.997. The van der Waals surface area contributed by atoms with Gasteiger partial charge in [-0.1, -0.05) is 0 Å². The van der Waals surface area contributed by atoms with Crippen LogP contribution in [-0.2, 0) is 0 Å². The summed E-state index contributed by atoms with van der Waals surface area (Å²) >= 11 is 0. The quantitative estimate of drug-likeness (QED) is 0.803. The first-order valence-electron chi connectivity index (χ1n) is 7.72. The number of likely N-dealkylation sites (N-methyl/N-ethyl adjacent to an activating group) is 1. The maximum Gasteiger partial charge on any atom is 0.129 e. The molecular formula is C17H20FN3. The Morgan fingerprint density at radius 1 is 1.14 bits per heavy atom. The summed E-state index contributed by atoms with van der Waals surface area (Å²) in [6, 6.07) is 9.50.